The fourth-order valence-electron chi connectivity index (χ4n) is 3.42. The molecule has 0 amide bonds. The van der Waals surface area contributed by atoms with Gasteiger partial charge in [-0.2, -0.15) is 0 Å². The minimum Gasteiger partial charge on any atom is -0.337 e. The second kappa shape index (κ2) is 6.51. The van der Waals surface area contributed by atoms with Gasteiger partial charge in [0.05, 0.1) is 11.6 Å². The Hall–Kier alpha value is -1.95. The minimum absolute atomic E-state index is 0.230. The van der Waals surface area contributed by atoms with Crippen molar-refractivity contribution in [2.75, 3.05) is 19.6 Å². The molecule has 0 spiro atoms. The van der Waals surface area contributed by atoms with Gasteiger partial charge in [0.1, 0.15) is 5.82 Å². The predicted molar refractivity (Wildman–Crippen MR) is 96.0 cm³/mol. The Kier molecular flexibility index (Phi) is 4.22. The van der Waals surface area contributed by atoms with Crippen LogP contribution < -0.4 is 5.32 Å². The number of aryl methyl sites for hydroxylation is 1. The van der Waals surface area contributed by atoms with Gasteiger partial charge in [0.25, 0.3) is 0 Å². The number of rotatable bonds is 3. The number of pyridine rings is 1. The Morgan fingerprint density at radius 3 is 3.00 bits per heavy atom. The van der Waals surface area contributed by atoms with Gasteiger partial charge >= 0.3 is 0 Å². The summed E-state index contributed by atoms with van der Waals surface area (Å²) in [6.45, 7) is 3.58. The summed E-state index contributed by atoms with van der Waals surface area (Å²) in [5, 5.41) is 5.38. The molecule has 6 heteroatoms. The topological polar surface area (TPSA) is 46.0 Å². The standard InChI is InChI=1S/C18H20ClN5/c1-23-9-8-22-18(23)16-11-20-7-10-24(16)12-14-15(19)5-4-13-3-2-6-21-17(13)14/h2-6,8-9,16,20H,7,10-12H2,1H3. The van der Waals surface area contributed by atoms with Crippen LogP contribution in [-0.2, 0) is 13.6 Å². The lowest BCUT2D eigenvalue weighted by molar-refractivity contribution is 0.145. The number of nitrogens with zero attached hydrogens (tertiary/aromatic N) is 4. The van der Waals surface area contributed by atoms with Crippen molar-refractivity contribution in [1.82, 2.24) is 24.8 Å². The largest absolute Gasteiger partial charge is 0.337 e. The average molecular weight is 342 g/mol. The maximum atomic E-state index is 6.52. The molecule has 3 heterocycles. The van der Waals surface area contributed by atoms with E-state index in [4.69, 9.17) is 11.6 Å². The molecule has 0 saturated carbocycles. The number of fused-ring (bicyclic) bond motifs is 1. The molecule has 1 saturated heterocycles. The van der Waals surface area contributed by atoms with Crippen molar-refractivity contribution >= 4 is 22.5 Å². The zero-order valence-corrected chi connectivity index (χ0v) is 14.4. The van der Waals surface area contributed by atoms with Crippen LogP contribution in [0.2, 0.25) is 5.02 Å². The third-order valence-corrected chi connectivity index (χ3v) is 5.05. The molecule has 1 unspecified atom stereocenters. The normalized spacial score (nSPS) is 19.0. The van der Waals surface area contributed by atoms with Crippen molar-refractivity contribution in [2.24, 2.45) is 7.05 Å². The number of benzene rings is 1. The quantitative estimate of drug-likeness (QED) is 0.795. The first-order valence-electron chi connectivity index (χ1n) is 8.18. The van der Waals surface area contributed by atoms with Gasteiger partial charge in [-0.1, -0.05) is 23.7 Å². The fraction of sp³-hybridized carbons (Fsp3) is 0.333. The van der Waals surface area contributed by atoms with E-state index in [1.54, 1.807) is 0 Å². The van der Waals surface area contributed by atoms with Crippen molar-refractivity contribution in [3.8, 4) is 0 Å². The summed E-state index contributed by atoms with van der Waals surface area (Å²) in [7, 11) is 2.04. The van der Waals surface area contributed by atoms with E-state index in [-0.39, 0.29) is 6.04 Å². The Balaban J connectivity index is 1.71. The molecule has 3 aromatic rings. The molecule has 1 aromatic carbocycles. The van der Waals surface area contributed by atoms with Crippen LogP contribution in [0.15, 0.2) is 42.9 Å². The first-order chi connectivity index (χ1) is 11.7. The Morgan fingerprint density at radius 1 is 1.25 bits per heavy atom. The smallest absolute Gasteiger partial charge is 0.127 e. The van der Waals surface area contributed by atoms with Crippen molar-refractivity contribution in [1.29, 1.82) is 0 Å². The Morgan fingerprint density at radius 2 is 2.17 bits per heavy atom. The molecular formula is C18H20ClN5. The highest BCUT2D eigenvalue weighted by atomic mass is 35.5. The van der Waals surface area contributed by atoms with E-state index in [2.05, 4.69) is 30.8 Å². The van der Waals surface area contributed by atoms with E-state index in [0.717, 1.165) is 53.5 Å². The number of halogens is 1. The second-order valence-electron chi connectivity index (χ2n) is 6.19. The van der Waals surface area contributed by atoms with Crippen molar-refractivity contribution in [2.45, 2.75) is 12.6 Å². The third-order valence-electron chi connectivity index (χ3n) is 4.69. The zero-order chi connectivity index (χ0) is 16.5. The van der Waals surface area contributed by atoms with Gasteiger partial charge in [-0.05, 0) is 12.1 Å². The van der Waals surface area contributed by atoms with Crippen LogP contribution in [0.4, 0.5) is 0 Å². The molecule has 4 rings (SSSR count). The summed E-state index contributed by atoms with van der Waals surface area (Å²) in [5.74, 6) is 1.08. The van der Waals surface area contributed by atoms with Gasteiger partial charge in [0.2, 0.25) is 0 Å². The van der Waals surface area contributed by atoms with E-state index >= 15 is 0 Å². The zero-order valence-electron chi connectivity index (χ0n) is 13.6. The van der Waals surface area contributed by atoms with Gasteiger partial charge in [-0.15, -0.1) is 0 Å². The molecule has 1 aliphatic heterocycles. The van der Waals surface area contributed by atoms with Crippen LogP contribution in [-0.4, -0.2) is 39.1 Å². The monoisotopic (exact) mass is 341 g/mol. The van der Waals surface area contributed by atoms with E-state index in [9.17, 15) is 0 Å². The van der Waals surface area contributed by atoms with E-state index in [0.29, 0.717) is 0 Å². The van der Waals surface area contributed by atoms with Crippen LogP contribution in [0.3, 0.4) is 0 Å². The summed E-state index contributed by atoms with van der Waals surface area (Å²) < 4.78 is 2.09. The number of aromatic nitrogens is 3. The number of hydrogen-bond donors (Lipinski definition) is 1. The lowest BCUT2D eigenvalue weighted by atomic mass is 10.1. The number of nitrogens with one attached hydrogen (secondary N) is 1. The lowest BCUT2D eigenvalue weighted by Crippen LogP contribution is -2.46. The molecule has 124 valence electrons. The third kappa shape index (κ3) is 2.79. The molecule has 1 N–H and O–H groups in total. The molecule has 1 aliphatic rings. The van der Waals surface area contributed by atoms with Crippen molar-refractivity contribution < 1.29 is 0 Å². The van der Waals surface area contributed by atoms with Gasteiger partial charge in [-0.3, -0.25) is 9.88 Å². The SMILES string of the molecule is Cn1ccnc1C1CNCCN1Cc1c(Cl)ccc2cccnc12. The molecule has 0 bridgehead atoms. The number of imidazole rings is 1. The molecule has 1 atom stereocenters. The average Bonchev–Trinajstić information content (AvgIpc) is 3.04. The molecule has 24 heavy (non-hydrogen) atoms. The lowest BCUT2D eigenvalue weighted by Gasteiger charge is -2.36. The summed E-state index contributed by atoms with van der Waals surface area (Å²) in [6, 6.07) is 8.27. The Labute approximate surface area is 146 Å². The Bertz CT molecular complexity index is 859. The van der Waals surface area contributed by atoms with E-state index in [1.165, 1.54) is 0 Å². The molecule has 0 radical (unpaired) electrons. The highest BCUT2D eigenvalue weighted by molar-refractivity contribution is 6.32. The van der Waals surface area contributed by atoms with Crippen molar-refractivity contribution in [3.05, 3.63) is 59.3 Å². The highest BCUT2D eigenvalue weighted by Crippen LogP contribution is 2.29. The number of hydrogen-bond acceptors (Lipinski definition) is 4. The van der Waals surface area contributed by atoms with Crippen LogP contribution >= 0.6 is 11.6 Å². The molecule has 5 nitrogen and oxygen atoms in total. The second-order valence-corrected chi connectivity index (χ2v) is 6.60. The highest BCUT2D eigenvalue weighted by Gasteiger charge is 2.27. The van der Waals surface area contributed by atoms with E-state index in [1.807, 2.05) is 43.8 Å². The summed E-state index contributed by atoms with van der Waals surface area (Å²) in [6.07, 6.45) is 5.68. The maximum Gasteiger partial charge on any atom is 0.127 e. The summed E-state index contributed by atoms with van der Waals surface area (Å²) in [4.78, 5) is 11.6. The van der Waals surface area contributed by atoms with Gasteiger partial charge in [0, 0.05) is 67.8 Å². The van der Waals surface area contributed by atoms with Gasteiger partial charge < -0.3 is 9.88 Å². The van der Waals surface area contributed by atoms with Crippen molar-refractivity contribution in [3.63, 3.8) is 0 Å². The summed E-state index contributed by atoms with van der Waals surface area (Å²) >= 11 is 6.52. The van der Waals surface area contributed by atoms with Crippen LogP contribution in [0.1, 0.15) is 17.4 Å². The van der Waals surface area contributed by atoms with Gasteiger partial charge in [-0.25, -0.2) is 4.98 Å². The number of piperazine rings is 1. The first kappa shape index (κ1) is 15.6. The fourth-order valence-corrected chi connectivity index (χ4v) is 3.64. The van der Waals surface area contributed by atoms with Crippen LogP contribution in [0, 0.1) is 0 Å². The van der Waals surface area contributed by atoms with Gasteiger partial charge in [0.15, 0.2) is 0 Å². The molecular weight excluding hydrogens is 322 g/mol. The van der Waals surface area contributed by atoms with Crippen LogP contribution in [0.5, 0.6) is 0 Å². The first-order valence-corrected chi connectivity index (χ1v) is 8.56. The molecule has 0 aliphatic carbocycles. The minimum atomic E-state index is 0.230. The molecule has 1 fully saturated rings. The van der Waals surface area contributed by atoms with E-state index < -0.39 is 0 Å². The summed E-state index contributed by atoms with van der Waals surface area (Å²) in [5.41, 5.74) is 2.08. The molecule has 2 aromatic heterocycles. The predicted octanol–water partition coefficient (Wildman–Crippen LogP) is 2.77. The maximum absolute atomic E-state index is 6.52. The van der Waals surface area contributed by atoms with Crippen LogP contribution in [0.25, 0.3) is 10.9 Å².